The number of hydrogen-bond acceptors (Lipinski definition) is 6. The highest BCUT2D eigenvalue weighted by Gasteiger charge is 2.20. The van der Waals surface area contributed by atoms with E-state index >= 15 is 0 Å². The van der Waals surface area contributed by atoms with Crippen LogP contribution in [-0.4, -0.2) is 73.1 Å². The first kappa shape index (κ1) is 13.7. The lowest BCUT2D eigenvalue weighted by Crippen LogP contribution is -2.48. The molecular formula is C13H20N6. The average Bonchev–Trinajstić information content (AvgIpc) is 2.45. The van der Waals surface area contributed by atoms with Gasteiger partial charge in [0.05, 0.1) is 0 Å². The SMILES string of the molecule is CN(C)CCN1CCN(c2nccnc2C#N)CC1. The van der Waals surface area contributed by atoms with Crippen molar-refractivity contribution in [1.29, 1.82) is 5.26 Å². The Labute approximate surface area is 114 Å². The molecule has 19 heavy (non-hydrogen) atoms. The topological polar surface area (TPSA) is 59.3 Å². The Morgan fingerprint density at radius 3 is 2.53 bits per heavy atom. The van der Waals surface area contributed by atoms with Crippen LogP contribution in [0.3, 0.4) is 0 Å². The second-order valence-corrected chi connectivity index (χ2v) is 4.97. The van der Waals surface area contributed by atoms with Gasteiger partial charge in [-0.15, -0.1) is 0 Å². The van der Waals surface area contributed by atoms with Gasteiger partial charge in [-0.25, -0.2) is 9.97 Å². The molecule has 6 nitrogen and oxygen atoms in total. The fraction of sp³-hybridized carbons (Fsp3) is 0.615. The van der Waals surface area contributed by atoms with Gasteiger partial charge >= 0.3 is 0 Å². The van der Waals surface area contributed by atoms with Gasteiger partial charge in [0.1, 0.15) is 6.07 Å². The van der Waals surface area contributed by atoms with Gasteiger partial charge in [0.25, 0.3) is 0 Å². The molecule has 0 N–H and O–H groups in total. The largest absolute Gasteiger partial charge is 0.352 e. The van der Waals surface area contributed by atoms with Crippen LogP contribution in [0, 0.1) is 11.3 Å². The molecular weight excluding hydrogens is 240 g/mol. The van der Waals surface area contributed by atoms with E-state index < -0.39 is 0 Å². The van der Waals surface area contributed by atoms with Gasteiger partial charge in [0, 0.05) is 51.7 Å². The van der Waals surface area contributed by atoms with Crippen LogP contribution in [0.1, 0.15) is 5.69 Å². The van der Waals surface area contributed by atoms with E-state index in [2.05, 4.69) is 44.8 Å². The lowest BCUT2D eigenvalue weighted by molar-refractivity contribution is 0.229. The Bertz CT molecular complexity index is 445. The number of piperazine rings is 1. The molecule has 1 aromatic rings. The number of nitrogens with zero attached hydrogens (tertiary/aromatic N) is 6. The highest BCUT2D eigenvalue weighted by atomic mass is 15.3. The lowest BCUT2D eigenvalue weighted by atomic mass is 10.3. The Kier molecular flexibility index (Phi) is 4.66. The van der Waals surface area contributed by atoms with Crippen LogP contribution < -0.4 is 4.90 Å². The number of anilines is 1. The number of likely N-dealkylation sites (N-methyl/N-ethyl adjacent to an activating group) is 1. The molecule has 1 aliphatic rings. The van der Waals surface area contributed by atoms with Gasteiger partial charge in [0.2, 0.25) is 0 Å². The van der Waals surface area contributed by atoms with Crippen molar-refractivity contribution in [3.05, 3.63) is 18.1 Å². The molecule has 1 aromatic heterocycles. The Morgan fingerprint density at radius 2 is 1.89 bits per heavy atom. The summed E-state index contributed by atoms with van der Waals surface area (Å²) in [5.41, 5.74) is 0.421. The maximum atomic E-state index is 9.05. The van der Waals surface area contributed by atoms with Gasteiger partial charge in [-0.2, -0.15) is 5.26 Å². The number of rotatable bonds is 4. The van der Waals surface area contributed by atoms with Crippen molar-refractivity contribution in [3.63, 3.8) is 0 Å². The minimum absolute atomic E-state index is 0.421. The van der Waals surface area contributed by atoms with E-state index in [1.54, 1.807) is 12.4 Å². The van der Waals surface area contributed by atoms with Crippen molar-refractivity contribution in [1.82, 2.24) is 19.8 Å². The highest BCUT2D eigenvalue weighted by Crippen LogP contribution is 2.15. The van der Waals surface area contributed by atoms with Gasteiger partial charge in [-0.1, -0.05) is 0 Å². The van der Waals surface area contributed by atoms with Crippen LogP contribution in [0.2, 0.25) is 0 Å². The Hall–Kier alpha value is -1.71. The molecule has 102 valence electrons. The lowest BCUT2D eigenvalue weighted by Gasteiger charge is -2.35. The van der Waals surface area contributed by atoms with Crippen molar-refractivity contribution in [2.45, 2.75) is 0 Å². The van der Waals surface area contributed by atoms with Crippen molar-refractivity contribution >= 4 is 5.82 Å². The Balaban J connectivity index is 1.91. The van der Waals surface area contributed by atoms with Crippen LogP contribution in [-0.2, 0) is 0 Å². The predicted octanol–water partition coefficient (Wildman–Crippen LogP) is 0.0319. The zero-order valence-electron chi connectivity index (χ0n) is 11.6. The zero-order chi connectivity index (χ0) is 13.7. The molecule has 1 saturated heterocycles. The predicted molar refractivity (Wildman–Crippen MR) is 74.0 cm³/mol. The Morgan fingerprint density at radius 1 is 1.21 bits per heavy atom. The van der Waals surface area contributed by atoms with Gasteiger partial charge in [-0.05, 0) is 14.1 Å². The number of nitriles is 1. The van der Waals surface area contributed by atoms with E-state index in [-0.39, 0.29) is 0 Å². The smallest absolute Gasteiger partial charge is 0.183 e. The van der Waals surface area contributed by atoms with E-state index in [0.29, 0.717) is 5.69 Å². The van der Waals surface area contributed by atoms with Crippen LogP contribution >= 0.6 is 0 Å². The normalized spacial score (nSPS) is 16.6. The molecule has 0 spiro atoms. The molecule has 0 radical (unpaired) electrons. The summed E-state index contributed by atoms with van der Waals surface area (Å²) in [5.74, 6) is 0.720. The van der Waals surface area contributed by atoms with Crippen LogP contribution in [0.5, 0.6) is 0 Å². The monoisotopic (exact) mass is 260 g/mol. The summed E-state index contributed by atoms with van der Waals surface area (Å²) in [6.45, 7) is 5.99. The van der Waals surface area contributed by atoms with Gasteiger partial charge in [-0.3, -0.25) is 4.90 Å². The third kappa shape index (κ3) is 3.63. The first-order valence-electron chi connectivity index (χ1n) is 6.54. The second kappa shape index (κ2) is 6.45. The molecule has 1 aliphatic heterocycles. The molecule has 0 aromatic carbocycles. The average molecular weight is 260 g/mol. The molecule has 0 unspecified atom stereocenters. The van der Waals surface area contributed by atoms with Crippen molar-refractivity contribution in [2.24, 2.45) is 0 Å². The summed E-state index contributed by atoms with van der Waals surface area (Å²) >= 11 is 0. The minimum atomic E-state index is 0.421. The third-order valence-electron chi connectivity index (χ3n) is 3.32. The van der Waals surface area contributed by atoms with Crippen LogP contribution in [0.4, 0.5) is 5.82 Å². The van der Waals surface area contributed by atoms with Crippen molar-refractivity contribution in [3.8, 4) is 6.07 Å². The summed E-state index contributed by atoms with van der Waals surface area (Å²) in [4.78, 5) is 15.1. The zero-order valence-corrected chi connectivity index (χ0v) is 11.6. The van der Waals surface area contributed by atoms with E-state index in [0.717, 1.165) is 45.1 Å². The fourth-order valence-corrected chi connectivity index (χ4v) is 2.17. The fourth-order valence-electron chi connectivity index (χ4n) is 2.17. The molecule has 2 rings (SSSR count). The molecule has 0 aliphatic carbocycles. The van der Waals surface area contributed by atoms with Gasteiger partial charge < -0.3 is 9.80 Å². The first-order valence-corrected chi connectivity index (χ1v) is 6.54. The van der Waals surface area contributed by atoms with Crippen molar-refractivity contribution in [2.75, 3.05) is 58.3 Å². The van der Waals surface area contributed by atoms with E-state index in [9.17, 15) is 0 Å². The van der Waals surface area contributed by atoms with E-state index in [4.69, 9.17) is 5.26 Å². The molecule has 1 fully saturated rings. The highest BCUT2D eigenvalue weighted by molar-refractivity contribution is 5.49. The number of hydrogen-bond donors (Lipinski definition) is 0. The minimum Gasteiger partial charge on any atom is -0.352 e. The summed E-state index contributed by atoms with van der Waals surface area (Å²) < 4.78 is 0. The van der Waals surface area contributed by atoms with Crippen LogP contribution in [0.25, 0.3) is 0 Å². The van der Waals surface area contributed by atoms with Crippen molar-refractivity contribution < 1.29 is 0 Å². The summed E-state index contributed by atoms with van der Waals surface area (Å²) in [7, 11) is 4.18. The van der Waals surface area contributed by atoms with Gasteiger partial charge in [0.15, 0.2) is 11.5 Å². The standard InChI is InChI=1S/C13H20N6/c1-17(2)5-6-18-7-9-19(10-8-18)13-12(11-14)15-3-4-16-13/h3-4H,5-10H2,1-2H3. The van der Waals surface area contributed by atoms with Crippen LogP contribution in [0.15, 0.2) is 12.4 Å². The first-order chi connectivity index (χ1) is 9.20. The number of aromatic nitrogens is 2. The van der Waals surface area contributed by atoms with E-state index in [1.807, 2.05) is 0 Å². The maximum absolute atomic E-state index is 9.05. The molecule has 0 amide bonds. The molecule has 0 saturated carbocycles. The molecule has 0 bridgehead atoms. The van der Waals surface area contributed by atoms with E-state index in [1.165, 1.54) is 0 Å². The second-order valence-electron chi connectivity index (χ2n) is 4.97. The molecule has 6 heteroatoms. The third-order valence-corrected chi connectivity index (χ3v) is 3.32. The summed E-state index contributed by atoms with van der Waals surface area (Å²) in [6.07, 6.45) is 3.21. The quantitative estimate of drug-likeness (QED) is 0.761. The molecule has 2 heterocycles. The molecule has 0 atom stereocenters. The maximum Gasteiger partial charge on any atom is 0.183 e. The summed E-state index contributed by atoms with van der Waals surface area (Å²) in [6, 6.07) is 2.11. The summed E-state index contributed by atoms with van der Waals surface area (Å²) in [5, 5.41) is 9.05.